The monoisotopic (exact) mass is 700 g/mol. The summed E-state index contributed by atoms with van der Waals surface area (Å²) >= 11 is 3.55. The predicted octanol–water partition coefficient (Wildman–Crippen LogP) is 6.92. The number of carbonyl (C=O) groups is 1. The Bertz CT molecular complexity index is 2000. The molecule has 1 aliphatic heterocycles. The topological polar surface area (TPSA) is 73.8 Å². The van der Waals surface area contributed by atoms with E-state index in [-0.39, 0.29) is 12.2 Å². The molecular formula is C35H29IN2O4S. The van der Waals surface area contributed by atoms with E-state index < -0.39 is 12.0 Å². The standard InChI is InChI=1S/C35H29IN2O4S/c1-4-41-34(40)30-31(24-8-6-5-7-9-24)37-35-38(32(30)25-12-10-22(11-13-25)21(2)3)33(39)29(43-35)20-27-18-19-28(42-27)23-14-16-26(36)17-15-23/h5-21,32H,4H2,1-3H3/b29-20-/t32-/m0/s1. The summed E-state index contributed by atoms with van der Waals surface area (Å²) in [4.78, 5) is 33.2. The molecule has 8 heteroatoms. The van der Waals surface area contributed by atoms with Gasteiger partial charge in [0.1, 0.15) is 11.5 Å². The van der Waals surface area contributed by atoms with Crippen LogP contribution in [0.4, 0.5) is 0 Å². The second-order valence-corrected chi connectivity index (χ2v) is 12.7. The maximum absolute atomic E-state index is 14.1. The summed E-state index contributed by atoms with van der Waals surface area (Å²) < 4.78 is 14.9. The van der Waals surface area contributed by atoms with Crippen LogP contribution in [0.25, 0.3) is 23.1 Å². The summed E-state index contributed by atoms with van der Waals surface area (Å²) in [6.07, 6.45) is 1.75. The van der Waals surface area contributed by atoms with Crippen LogP contribution in [0, 0.1) is 3.57 Å². The zero-order valence-electron chi connectivity index (χ0n) is 23.9. The Morgan fingerprint density at radius 2 is 1.72 bits per heavy atom. The van der Waals surface area contributed by atoms with Crippen LogP contribution in [0.3, 0.4) is 0 Å². The molecule has 5 aromatic rings. The Hall–Kier alpha value is -4.02. The molecule has 6 nitrogen and oxygen atoms in total. The smallest absolute Gasteiger partial charge is 0.338 e. The van der Waals surface area contributed by atoms with Crippen LogP contribution < -0.4 is 14.9 Å². The van der Waals surface area contributed by atoms with Gasteiger partial charge in [-0.25, -0.2) is 9.79 Å². The molecule has 1 aliphatic rings. The van der Waals surface area contributed by atoms with E-state index >= 15 is 0 Å². The average molecular weight is 701 g/mol. The summed E-state index contributed by atoms with van der Waals surface area (Å²) in [5.74, 6) is 1.12. The molecule has 0 fully saturated rings. The number of thiazole rings is 1. The third-order valence-corrected chi connectivity index (χ3v) is 9.02. The summed E-state index contributed by atoms with van der Waals surface area (Å²) in [7, 11) is 0. The number of hydrogen-bond acceptors (Lipinski definition) is 6. The fourth-order valence-corrected chi connectivity index (χ4v) is 6.49. The Morgan fingerprint density at radius 3 is 2.40 bits per heavy atom. The Morgan fingerprint density at radius 1 is 1.00 bits per heavy atom. The molecule has 0 saturated heterocycles. The second-order valence-electron chi connectivity index (χ2n) is 10.5. The van der Waals surface area contributed by atoms with E-state index in [1.54, 1.807) is 17.6 Å². The molecule has 0 bridgehead atoms. The van der Waals surface area contributed by atoms with E-state index in [9.17, 15) is 9.59 Å². The van der Waals surface area contributed by atoms with Crippen LogP contribution in [0.2, 0.25) is 0 Å². The van der Waals surface area contributed by atoms with Crippen LogP contribution >= 0.6 is 33.9 Å². The minimum Gasteiger partial charge on any atom is -0.463 e. The van der Waals surface area contributed by atoms with E-state index in [0.717, 1.165) is 26.0 Å². The van der Waals surface area contributed by atoms with Crippen LogP contribution in [0.15, 0.2) is 111 Å². The van der Waals surface area contributed by atoms with E-state index in [0.29, 0.717) is 32.3 Å². The number of fused-ring (bicyclic) bond motifs is 1. The number of carbonyl (C=O) groups excluding carboxylic acids is 1. The van der Waals surface area contributed by atoms with Gasteiger partial charge in [-0.3, -0.25) is 9.36 Å². The van der Waals surface area contributed by atoms with Crippen molar-refractivity contribution in [3.63, 3.8) is 0 Å². The quantitative estimate of drug-likeness (QED) is 0.137. The fourth-order valence-electron chi connectivity index (χ4n) is 5.15. The van der Waals surface area contributed by atoms with Gasteiger partial charge < -0.3 is 9.15 Å². The molecule has 0 unspecified atom stereocenters. The lowest BCUT2D eigenvalue weighted by Crippen LogP contribution is -2.40. The van der Waals surface area contributed by atoms with Gasteiger partial charge in [0, 0.05) is 20.8 Å². The van der Waals surface area contributed by atoms with Gasteiger partial charge in [0.2, 0.25) is 0 Å². The molecule has 216 valence electrons. The van der Waals surface area contributed by atoms with Crippen molar-refractivity contribution in [2.75, 3.05) is 6.61 Å². The number of ether oxygens (including phenoxy) is 1. The first-order chi connectivity index (χ1) is 20.8. The molecule has 2 aromatic heterocycles. The van der Waals surface area contributed by atoms with Crippen molar-refractivity contribution in [3.05, 3.63) is 142 Å². The zero-order valence-corrected chi connectivity index (χ0v) is 26.9. The van der Waals surface area contributed by atoms with Gasteiger partial charge in [0.15, 0.2) is 4.80 Å². The summed E-state index contributed by atoms with van der Waals surface area (Å²) in [5, 5.41) is 0. The van der Waals surface area contributed by atoms with Crippen LogP contribution in [0.1, 0.15) is 55.2 Å². The van der Waals surface area contributed by atoms with Gasteiger partial charge in [-0.05, 0) is 70.8 Å². The molecule has 0 N–H and O–H groups in total. The van der Waals surface area contributed by atoms with E-state index in [1.165, 1.54) is 16.9 Å². The zero-order chi connectivity index (χ0) is 30.1. The van der Waals surface area contributed by atoms with Crippen molar-refractivity contribution in [2.24, 2.45) is 4.99 Å². The third-order valence-electron chi connectivity index (χ3n) is 7.32. The summed E-state index contributed by atoms with van der Waals surface area (Å²) in [5.41, 5.74) is 4.30. The van der Waals surface area contributed by atoms with Gasteiger partial charge in [-0.15, -0.1) is 0 Å². The van der Waals surface area contributed by atoms with Crippen LogP contribution in [-0.2, 0) is 9.53 Å². The lowest BCUT2D eigenvalue weighted by Gasteiger charge is -2.26. The maximum Gasteiger partial charge on any atom is 0.338 e. The molecule has 6 rings (SSSR count). The lowest BCUT2D eigenvalue weighted by atomic mass is 9.91. The number of halogens is 1. The van der Waals surface area contributed by atoms with Gasteiger partial charge in [0.05, 0.1) is 28.5 Å². The molecule has 0 aliphatic carbocycles. The molecule has 3 aromatic carbocycles. The Balaban J connectivity index is 1.55. The van der Waals surface area contributed by atoms with E-state index in [4.69, 9.17) is 14.1 Å². The highest BCUT2D eigenvalue weighted by Crippen LogP contribution is 2.35. The normalized spacial score (nSPS) is 15.0. The molecule has 43 heavy (non-hydrogen) atoms. The minimum absolute atomic E-state index is 0.204. The number of esters is 1. The SMILES string of the molecule is CCOC(=O)C1=C(c2ccccc2)N=c2s/c(=C\c3ccc(-c4ccc(I)cc4)o3)c(=O)n2[C@H]1c1ccc(C(C)C)cc1. The number of furan rings is 1. The molecular weight excluding hydrogens is 671 g/mol. The first-order valence-corrected chi connectivity index (χ1v) is 16.0. The highest BCUT2D eigenvalue weighted by atomic mass is 127. The molecule has 0 radical (unpaired) electrons. The molecule has 0 amide bonds. The van der Waals surface area contributed by atoms with Crippen molar-refractivity contribution in [1.29, 1.82) is 0 Å². The summed E-state index contributed by atoms with van der Waals surface area (Å²) in [6, 6.07) is 28.7. The fraction of sp³-hybridized carbons (Fsp3) is 0.171. The second kappa shape index (κ2) is 12.3. The van der Waals surface area contributed by atoms with Crippen LogP contribution in [-0.4, -0.2) is 17.1 Å². The number of nitrogens with zero attached hydrogens (tertiary/aromatic N) is 2. The maximum atomic E-state index is 14.1. The number of hydrogen-bond donors (Lipinski definition) is 0. The first kappa shape index (κ1) is 29.1. The third kappa shape index (κ3) is 5.81. The largest absolute Gasteiger partial charge is 0.463 e. The van der Waals surface area contributed by atoms with Gasteiger partial charge in [-0.2, -0.15) is 0 Å². The minimum atomic E-state index is -0.715. The highest BCUT2D eigenvalue weighted by Gasteiger charge is 2.35. The number of rotatable bonds is 7. The number of benzene rings is 3. The van der Waals surface area contributed by atoms with E-state index in [1.807, 2.05) is 78.9 Å². The van der Waals surface area contributed by atoms with Gasteiger partial charge in [-0.1, -0.05) is 91.9 Å². The molecule has 1 atom stereocenters. The van der Waals surface area contributed by atoms with Crippen molar-refractivity contribution in [2.45, 2.75) is 32.7 Å². The first-order valence-electron chi connectivity index (χ1n) is 14.1. The van der Waals surface area contributed by atoms with Gasteiger partial charge in [0.25, 0.3) is 5.56 Å². The van der Waals surface area contributed by atoms with Crippen molar-refractivity contribution in [1.82, 2.24) is 4.57 Å². The lowest BCUT2D eigenvalue weighted by molar-refractivity contribution is -0.138. The average Bonchev–Trinajstić information content (AvgIpc) is 3.61. The molecule has 0 spiro atoms. The number of aromatic nitrogens is 1. The van der Waals surface area contributed by atoms with Crippen molar-refractivity contribution in [3.8, 4) is 11.3 Å². The summed E-state index contributed by atoms with van der Waals surface area (Å²) in [6.45, 7) is 6.24. The molecule has 0 saturated carbocycles. The Kier molecular flexibility index (Phi) is 8.32. The highest BCUT2D eigenvalue weighted by molar-refractivity contribution is 14.1. The molecule has 3 heterocycles. The van der Waals surface area contributed by atoms with Crippen molar-refractivity contribution >= 4 is 51.7 Å². The van der Waals surface area contributed by atoms with Gasteiger partial charge >= 0.3 is 5.97 Å². The van der Waals surface area contributed by atoms with Crippen molar-refractivity contribution < 1.29 is 13.9 Å². The Labute approximate surface area is 266 Å². The van der Waals surface area contributed by atoms with E-state index in [2.05, 4.69) is 48.6 Å². The van der Waals surface area contributed by atoms with Crippen LogP contribution in [0.5, 0.6) is 0 Å². The predicted molar refractivity (Wildman–Crippen MR) is 178 cm³/mol.